The van der Waals surface area contributed by atoms with E-state index in [-0.39, 0.29) is 17.4 Å². The molecule has 2 nitrogen and oxygen atoms in total. The Labute approximate surface area is 126 Å². The van der Waals surface area contributed by atoms with Crippen molar-refractivity contribution < 1.29 is 10.2 Å². The van der Waals surface area contributed by atoms with Crippen molar-refractivity contribution in [2.45, 2.75) is 33.1 Å². The third kappa shape index (κ3) is 3.66. The molecular formula is C19H22O2. The summed E-state index contributed by atoms with van der Waals surface area (Å²) >= 11 is 0. The van der Waals surface area contributed by atoms with Crippen molar-refractivity contribution in [3.05, 3.63) is 70.8 Å². The molecule has 0 aromatic heterocycles. The van der Waals surface area contributed by atoms with Crippen LogP contribution in [0.25, 0.3) is 0 Å². The van der Waals surface area contributed by atoms with Crippen LogP contribution in [0, 0.1) is 0 Å². The molecule has 2 aromatic rings. The molecule has 0 saturated heterocycles. The van der Waals surface area contributed by atoms with Crippen molar-refractivity contribution >= 4 is 0 Å². The maximum atomic E-state index is 10.2. The summed E-state index contributed by atoms with van der Waals surface area (Å²) in [6.07, 6.45) is 2.54. The molecule has 1 unspecified atom stereocenters. The van der Waals surface area contributed by atoms with Crippen LogP contribution >= 0.6 is 0 Å². The Hall–Kier alpha value is -2.22. The van der Waals surface area contributed by atoms with Gasteiger partial charge in [-0.25, -0.2) is 0 Å². The highest BCUT2D eigenvalue weighted by molar-refractivity contribution is 5.50. The summed E-state index contributed by atoms with van der Waals surface area (Å²) < 4.78 is 0. The largest absolute Gasteiger partial charge is 0.508 e. The molecule has 21 heavy (non-hydrogen) atoms. The maximum absolute atomic E-state index is 10.2. The van der Waals surface area contributed by atoms with Gasteiger partial charge in [0.05, 0.1) is 0 Å². The van der Waals surface area contributed by atoms with Crippen LogP contribution in [0.5, 0.6) is 11.5 Å². The smallest absolute Gasteiger partial charge is 0.123 e. The van der Waals surface area contributed by atoms with Crippen LogP contribution in [-0.2, 0) is 6.42 Å². The number of allylic oxidation sites excluding steroid dienone is 2. The second-order valence-corrected chi connectivity index (χ2v) is 5.66. The minimum atomic E-state index is 0.125. The van der Waals surface area contributed by atoms with E-state index in [1.807, 2.05) is 38.1 Å². The molecule has 0 spiro atoms. The average Bonchev–Trinajstić information content (AvgIpc) is 2.46. The van der Waals surface area contributed by atoms with E-state index in [0.29, 0.717) is 12.0 Å². The standard InChI is InChI=1S/C19H22O2/c1-13(2)9-10-17-18(20)11-16(12-19(17)21)14(3)15-7-5-4-6-8-15/h4-9,11-12,14,20-21H,10H2,1-3H3. The molecule has 2 N–H and O–H groups in total. The predicted molar refractivity (Wildman–Crippen MR) is 86.9 cm³/mol. The highest BCUT2D eigenvalue weighted by Crippen LogP contribution is 2.34. The first kappa shape index (κ1) is 15.2. The van der Waals surface area contributed by atoms with Crippen LogP contribution in [-0.4, -0.2) is 10.2 Å². The number of aromatic hydroxyl groups is 2. The van der Waals surface area contributed by atoms with Gasteiger partial charge in [-0.15, -0.1) is 0 Å². The highest BCUT2D eigenvalue weighted by atomic mass is 16.3. The van der Waals surface area contributed by atoms with Gasteiger partial charge in [-0.3, -0.25) is 0 Å². The zero-order valence-corrected chi connectivity index (χ0v) is 12.8. The van der Waals surface area contributed by atoms with Crippen LogP contribution in [0.3, 0.4) is 0 Å². The fourth-order valence-corrected chi connectivity index (χ4v) is 2.36. The first-order valence-corrected chi connectivity index (χ1v) is 7.22. The molecule has 0 heterocycles. The first-order chi connectivity index (χ1) is 9.99. The van der Waals surface area contributed by atoms with Gasteiger partial charge in [-0.05, 0) is 43.5 Å². The minimum absolute atomic E-state index is 0.125. The van der Waals surface area contributed by atoms with Gasteiger partial charge in [0.15, 0.2) is 0 Å². The number of phenols is 2. The van der Waals surface area contributed by atoms with Crippen molar-refractivity contribution in [3.8, 4) is 11.5 Å². The Morgan fingerprint density at radius 1 is 1.00 bits per heavy atom. The molecule has 0 fully saturated rings. The molecule has 0 bridgehead atoms. The fourth-order valence-electron chi connectivity index (χ4n) is 2.36. The summed E-state index contributed by atoms with van der Waals surface area (Å²) in [5.41, 5.74) is 3.82. The van der Waals surface area contributed by atoms with Crippen LogP contribution < -0.4 is 0 Å². The molecule has 0 aliphatic heterocycles. The second-order valence-electron chi connectivity index (χ2n) is 5.66. The maximum Gasteiger partial charge on any atom is 0.123 e. The van der Waals surface area contributed by atoms with Gasteiger partial charge < -0.3 is 10.2 Å². The van der Waals surface area contributed by atoms with Crippen molar-refractivity contribution in [2.24, 2.45) is 0 Å². The lowest BCUT2D eigenvalue weighted by Gasteiger charge is -2.15. The summed E-state index contributed by atoms with van der Waals surface area (Å²) in [5.74, 6) is 0.441. The predicted octanol–water partition coefficient (Wildman–Crippen LogP) is 4.76. The van der Waals surface area contributed by atoms with Gasteiger partial charge in [-0.2, -0.15) is 0 Å². The number of benzene rings is 2. The van der Waals surface area contributed by atoms with Crippen molar-refractivity contribution in [1.29, 1.82) is 0 Å². The molecule has 2 heteroatoms. The van der Waals surface area contributed by atoms with Crippen molar-refractivity contribution in [1.82, 2.24) is 0 Å². The van der Waals surface area contributed by atoms with Crippen molar-refractivity contribution in [3.63, 3.8) is 0 Å². The van der Waals surface area contributed by atoms with E-state index in [0.717, 1.165) is 16.7 Å². The Kier molecular flexibility index (Phi) is 4.69. The Morgan fingerprint density at radius 3 is 2.10 bits per heavy atom. The zero-order valence-electron chi connectivity index (χ0n) is 12.8. The SMILES string of the molecule is CC(C)=CCc1c(O)cc(C(C)c2ccccc2)cc1O. The summed E-state index contributed by atoms with van der Waals surface area (Å²) in [6, 6.07) is 13.6. The average molecular weight is 282 g/mol. The summed E-state index contributed by atoms with van der Waals surface area (Å²) in [4.78, 5) is 0. The lowest BCUT2D eigenvalue weighted by molar-refractivity contribution is 0.439. The monoisotopic (exact) mass is 282 g/mol. The topological polar surface area (TPSA) is 40.5 Å². The molecule has 0 saturated carbocycles. The van der Waals surface area contributed by atoms with E-state index in [2.05, 4.69) is 19.1 Å². The summed E-state index contributed by atoms with van der Waals surface area (Å²) in [6.45, 7) is 6.07. The van der Waals surface area contributed by atoms with E-state index in [1.54, 1.807) is 12.1 Å². The molecule has 110 valence electrons. The van der Waals surface area contributed by atoms with Crippen LogP contribution in [0.4, 0.5) is 0 Å². The Bertz CT molecular complexity index is 615. The van der Waals surface area contributed by atoms with Crippen LogP contribution in [0.2, 0.25) is 0 Å². The van der Waals surface area contributed by atoms with Crippen LogP contribution in [0.15, 0.2) is 54.1 Å². The third-order valence-corrected chi connectivity index (χ3v) is 3.74. The Morgan fingerprint density at radius 2 is 1.57 bits per heavy atom. The summed E-state index contributed by atoms with van der Waals surface area (Å²) in [7, 11) is 0. The van der Waals surface area contributed by atoms with Crippen molar-refractivity contribution in [2.75, 3.05) is 0 Å². The lowest BCUT2D eigenvalue weighted by Crippen LogP contribution is -1.97. The number of hydrogen-bond donors (Lipinski definition) is 2. The van der Waals surface area contributed by atoms with E-state index >= 15 is 0 Å². The Balaban J connectivity index is 2.33. The lowest BCUT2D eigenvalue weighted by atomic mass is 9.91. The molecule has 1 atom stereocenters. The molecule has 2 rings (SSSR count). The number of phenolic OH excluding ortho intramolecular Hbond substituents is 2. The fraction of sp³-hybridized carbons (Fsp3) is 0.263. The third-order valence-electron chi connectivity index (χ3n) is 3.74. The zero-order chi connectivity index (χ0) is 15.4. The highest BCUT2D eigenvalue weighted by Gasteiger charge is 2.14. The van der Waals surface area contributed by atoms with E-state index in [1.165, 1.54) is 0 Å². The van der Waals surface area contributed by atoms with E-state index in [4.69, 9.17) is 0 Å². The molecule has 0 aliphatic rings. The molecule has 0 amide bonds. The number of hydrogen-bond acceptors (Lipinski definition) is 2. The molecule has 0 aliphatic carbocycles. The first-order valence-electron chi connectivity index (χ1n) is 7.22. The van der Waals surface area contributed by atoms with Gasteiger partial charge in [0.25, 0.3) is 0 Å². The van der Waals surface area contributed by atoms with Gasteiger partial charge in [0.2, 0.25) is 0 Å². The summed E-state index contributed by atoms with van der Waals surface area (Å²) in [5, 5.41) is 20.4. The van der Waals surface area contributed by atoms with E-state index in [9.17, 15) is 10.2 Å². The minimum Gasteiger partial charge on any atom is -0.508 e. The number of rotatable bonds is 4. The van der Waals surface area contributed by atoms with Gasteiger partial charge >= 0.3 is 0 Å². The van der Waals surface area contributed by atoms with Gasteiger partial charge in [0.1, 0.15) is 11.5 Å². The second kappa shape index (κ2) is 6.49. The van der Waals surface area contributed by atoms with E-state index < -0.39 is 0 Å². The molecular weight excluding hydrogens is 260 g/mol. The van der Waals surface area contributed by atoms with Crippen LogP contribution in [0.1, 0.15) is 43.4 Å². The quantitative estimate of drug-likeness (QED) is 0.794. The normalized spacial score (nSPS) is 12.0. The molecule has 0 radical (unpaired) electrons. The van der Waals surface area contributed by atoms with Gasteiger partial charge in [-0.1, -0.05) is 48.9 Å². The van der Waals surface area contributed by atoms with Gasteiger partial charge in [0, 0.05) is 11.5 Å². The molecule has 2 aromatic carbocycles.